The molecule has 1 amide bonds. The standard InChI is InChI=1S/C12H17NO4/c1-13(12(15)6-7-14)10-8-9(16-2)4-5-11(10)17-3/h4-5,8,14H,6-7H2,1-3H3. The lowest BCUT2D eigenvalue weighted by atomic mass is 10.2. The summed E-state index contributed by atoms with van der Waals surface area (Å²) in [6, 6.07) is 5.21. The molecular weight excluding hydrogens is 222 g/mol. The molecule has 0 spiro atoms. The summed E-state index contributed by atoms with van der Waals surface area (Å²) in [5.74, 6) is 1.04. The molecule has 1 aromatic rings. The third-order valence-electron chi connectivity index (χ3n) is 2.45. The minimum Gasteiger partial charge on any atom is -0.497 e. The van der Waals surface area contributed by atoms with E-state index < -0.39 is 0 Å². The van der Waals surface area contributed by atoms with Crippen LogP contribution in [0.5, 0.6) is 11.5 Å². The van der Waals surface area contributed by atoms with Gasteiger partial charge in [0.25, 0.3) is 0 Å². The van der Waals surface area contributed by atoms with Crippen molar-refractivity contribution in [3.8, 4) is 11.5 Å². The van der Waals surface area contributed by atoms with Gasteiger partial charge in [0.05, 0.1) is 32.9 Å². The number of benzene rings is 1. The molecule has 0 aliphatic rings. The van der Waals surface area contributed by atoms with Crippen molar-refractivity contribution in [2.45, 2.75) is 6.42 Å². The van der Waals surface area contributed by atoms with Gasteiger partial charge < -0.3 is 19.5 Å². The van der Waals surface area contributed by atoms with Crippen LogP contribution in [0.2, 0.25) is 0 Å². The number of nitrogens with zero attached hydrogens (tertiary/aromatic N) is 1. The molecule has 0 saturated heterocycles. The van der Waals surface area contributed by atoms with Crippen LogP contribution < -0.4 is 14.4 Å². The molecule has 0 unspecified atom stereocenters. The molecule has 1 N–H and O–H groups in total. The number of carbonyl (C=O) groups excluding carboxylic acids is 1. The quantitative estimate of drug-likeness (QED) is 0.834. The molecule has 0 radical (unpaired) electrons. The smallest absolute Gasteiger partial charge is 0.229 e. The first kappa shape index (κ1) is 13.3. The average Bonchev–Trinajstić information content (AvgIpc) is 2.37. The normalized spacial score (nSPS) is 9.88. The second kappa shape index (κ2) is 6.10. The maximum absolute atomic E-state index is 11.7. The Kier molecular flexibility index (Phi) is 4.78. The maximum atomic E-state index is 11.7. The maximum Gasteiger partial charge on any atom is 0.229 e. The van der Waals surface area contributed by atoms with Crippen molar-refractivity contribution >= 4 is 11.6 Å². The largest absolute Gasteiger partial charge is 0.497 e. The molecule has 94 valence electrons. The molecular formula is C12H17NO4. The highest BCUT2D eigenvalue weighted by Crippen LogP contribution is 2.31. The van der Waals surface area contributed by atoms with Crippen molar-refractivity contribution in [1.29, 1.82) is 0 Å². The van der Waals surface area contributed by atoms with Crippen molar-refractivity contribution in [1.82, 2.24) is 0 Å². The minimum atomic E-state index is -0.181. The number of aliphatic hydroxyl groups excluding tert-OH is 1. The summed E-state index contributed by atoms with van der Waals surface area (Å²) in [6.07, 6.45) is 0.0802. The van der Waals surface area contributed by atoms with E-state index in [0.717, 1.165) is 0 Å². The predicted molar refractivity (Wildman–Crippen MR) is 64.7 cm³/mol. The van der Waals surface area contributed by atoms with E-state index in [9.17, 15) is 4.79 Å². The molecule has 0 aliphatic heterocycles. The second-order valence-corrected chi connectivity index (χ2v) is 3.46. The van der Waals surface area contributed by atoms with Gasteiger partial charge in [-0.2, -0.15) is 0 Å². The van der Waals surface area contributed by atoms with Crippen molar-refractivity contribution in [2.24, 2.45) is 0 Å². The van der Waals surface area contributed by atoms with E-state index in [-0.39, 0.29) is 18.9 Å². The van der Waals surface area contributed by atoms with Gasteiger partial charge in [-0.15, -0.1) is 0 Å². The Morgan fingerprint density at radius 3 is 2.59 bits per heavy atom. The molecule has 0 bridgehead atoms. The van der Waals surface area contributed by atoms with Crippen LogP contribution in [0.3, 0.4) is 0 Å². The van der Waals surface area contributed by atoms with Crippen molar-refractivity contribution in [3.63, 3.8) is 0 Å². The summed E-state index contributed by atoms with van der Waals surface area (Å²) in [4.78, 5) is 13.1. The Morgan fingerprint density at radius 1 is 1.35 bits per heavy atom. The number of carbonyl (C=O) groups is 1. The van der Waals surface area contributed by atoms with Crippen LogP contribution in [-0.4, -0.2) is 38.9 Å². The van der Waals surface area contributed by atoms with Gasteiger partial charge in [-0.05, 0) is 12.1 Å². The molecule has 0 aliphatic carbocycles. The number of amides is 1. The lowest BCUT2D eigenvalue weighted by molar-refractivity contribution is -0.118. The first-order valence-corrected chi connectivity index (χ1v) is 5.23. The molecule has 1 aromatic carbocycles. The molecule has 5 nitrogen and oxygen atoms in total. The van der Waals surface area contributed by atoms with Gasteiger partial charge in [0.2, 0.25) is 5.91 Å². The van der Waals surface area contributed by atoms with E-state index in [1.54, 1.807) is 32.4 Å². The number of methoxy groups -OCH3 is 2. The summed E-state index contributed by atoms with van der Waals surface area (Å²) >= 11 is 0. The van der Waals surface area contributed by atoms with Gasteiger partial charge in [0, 0.05) is 13.1 Å². The zero-order valence-electron chi connectivity index (χ0n) is 10.3. The summed E-state index contributed by atoms with van der Waals surface area (Å²) in [5.41, 5.74) is 0.616. The second-order valence-electron chi connectivity index (χ2n) is 3.46. The lowest BCUT2D eigenvalue weighted by Crippen LogP contribution is -2.27. The van der Waals surface area contributed by atoms with Crippen molar-refractivity contribution in [2.75, 3.05) is 32.8 Å². The van der Waals surface area contributed by atoms with E-state index in [1.807, 2.05) is 0 Å². The lowest BCUT2D eigenvalue weighted by Gasteiger charge is -2.20. The van der Waals surface area contributed by atoms with E-state index >= 15 is 0 Å². The molecule has 0 fully saturated rings. The Balaban J connectivity index is 3.04. The van der Waals surface area contributed by atoms with Gasteiger partial charge in [0.1, 0.15) is 11.5 Å². The SMILES string of the molecule is COc1ccc(OC)c(N(C)C(=O)CCO)c1. The molecule has 0 saturated carbocycles. The molecule has 1 rings (SSSR count). The number of ether oxygens (including phenoxy) is 2. The molecule has 0 aromatic heterocycles. The summed E-state index contributed by atoms with van der Waals surface area (Å²) in [6.45, 7) is -0.171. The topological polar surface area (TPSA) is 59.0 Å². The monoisotopic (exact) mass is 239 g/mol. The van der Waals surface area contributed by atoms with Crippen LogP contribution in [0.1, 0.15) is 6.42 Å². The third kappa shape index (κ3) is 3.10. The highest BCUT2D eigenvalue weighted by atomic mass is 16.5. The number of anilines is 1. The Morgan fingerprint density at radius 2 is 2.06 bits per heavy atom. The Hall–Kier alpha value is -1.75. The summed E-state index contributed by atoms with van der Waals surface area (Å²) in [5, 5.41) is 8.76. The van der Waals surface area contributed by atoms with Gasteiger partial charge in [-0.3, -0.25) is 4.79 Å². The fraction of sp³-hybridized carbons (Fsp3) is 0.417. The first-order chi connectivity index (χ1) is 8.13. The van der Waals surface area contributed by atoms with Crippen molar-refractivity contribution in [3.05, 3.63) is 18.2 Å². The third-order valence-corrected chi connectivity index (χ3v) is 2.45. The van der Waals surface area contributed by atoms with Crippen molar-refractivity contribution < 1.29 is 19.4 Å². The fourth-order valence-corrected chi connectivity index (χ4v) is 1.46. The van der Waals surface area contributed by atoms with Crippen LogP contribution >= 0.6 is 0 Å². The van der Waals surface area contributed by atoms with E-state index in [2.05, 4.69) is 0 Å². The zero-order valence-corrected chi connectivity index (χ0v) is 10.3. The highest BCUT2D eigenvalue weighted by Gasteiger charge is 2.15. The number of aliphatic hydroxyl groups is 1. The summed E-state index contributed by atoms with van der Waals surface area (Å²) in [7, 11) is 4.73. The highest BCUT2D eigenvalue weighted by molar-refractivity contribution is 5.94. The van der Waals surface area contributed by atoms with Crippen LogP contribution in [0.4, 0.5) is 5.69 Å². The fourth-order valence-electron chi connectivity index (χ4n) is 1.46. The van der Waals surface area contributed by atoms with E-state index in [4.69, 9.17) is 14.6 Å². The van der Waals surface area contributed by atoms with Crippen LogP contribution in [-0.2, 0) is 4.79 Å². The van der Waals surface area contributed by atoms with E-state index in [1.165, 1.54) is 12.0 Å². The number of rotatable bonds is 5. The molecule has 5 heteroatoms. The van der Waals surface area contributed by atoms with Crippen LogP contribution in [0.25, 0.3) is 0 Å². The van der Waals surface area contributed by atoms with Gasteiger partial charge in [0.15, 0.2) is 0 Å². The zero-order chi connectivity index (χ0) is 12.8. The average molecular weight is 239 g/mol. The van der Waals surface area contributed by atoms with Crippen LogP contribution in [0, 0.1) is 0 Å². The number of hydrogen-bond acceptors (Lipinski definition) is 4. The molecule has 17 heavy (non-hydrogen) atoms. The first-order valence-electron chi connectivity index (χ1n) is 5.23. The minimum absolute atomic E-state index is 0.0802. The van der Waals surface area contributed by atoms with Gasteiger partial charge in [-0.1, -0.05) is 0 Å². The summed E-state index contributed by atoms with van der Waals surface area (Å²) < 4.78 is 10.3. The van der Waals surface area contributed by atoms with Gasteiger partial charge in [-0.25, -0.2) is 0 Å². The Labute approximate surface area is 101 Å². The van der Waals surface area contributed by atoms with Crippen LogP contribution in [0.15, 0.2) is 18.2 Å². The predicted octanol–water partition coefficient (Wildman–Crippen LogP) is 1.05. The van der Waals surface area contributed by atoms with E-state index in [0.29, 0.717) is 17.2 Å². The molecule has 0 heterocycles. The molecule has 0 atom stereocenters. The Bertz CT molecular complexity index is 392. The van der Waals surface area contributed by atoms with Gasteiger partial charge >= 0.3 is 0 Å². The number of hydrogen-bond donors (Lipinski definition) is 1.